The predicted octanol–water partition coefficient (Wildman–Crippen LogP) is 2.22. The first-order valence-electron chi connectivity index (χ1n) is 5.92. The first-order chi connectivity index (χ1) is 8.25. The number of rotatable bonds is 1. The van der Waals surface area contributed by atoms with Crippen molar-refractivity contribution < 1.29 is 4.42 Å². The Balaban J connectivity index is 2.17. The first-order valence-corrected chi connectivity index (χ1v) is 5.92. The lowest BCUT2D eigenvalue weighted by molar-refractivity contribution is 0.572. The molecule has 0 fully saturated rings. The number of nitrogens with one attached hydrogen (secondary N) is 1. The second-order valence-electron chi connectivity index (χ2n) is 4.48. The molecule has 0 aromatic carbocycles. The first kappa shape index (κ1) is 10.3. The van der Waals surface area contributed by atoms with Crippen molar-refractivity contribution in [1.29, 1.82) is 0 Å². The second-order valence-corrected chi connectivity index (χ2v) is 4.48. The Hall–Kier alpha value is -1.84. The Bertz CT molecular complexity index is 610. The van der Waals surface area contributed by atoms with Crippen LogP contribution in [0.5, 0.6) is 0 Å². The third-order valence-electron chi connectivity index (χ3n) is 3.27. The van der Waals surface area contributed by atoms with Gasteiger partial charge in [-0.1, -0.05) is 0 Å². The number of nitrogens with zero attached hydrogens (tertiary/aromatic N) is 1. The third-order valence-corrected chi connectivity index (χ3v) is 3.27. The molecule has 1 aliphatic rings. The topological polar surface area (TPSA) is 58.9 Å². The Morgan fingerprint density at radius 1 is 1.35 bits per heavy atom. The quantitative estimate of drug-likeness (QED) is 0.817. The van der Waals surface area contributed by atoms with Gasteiger partial charge in [0.25, 0.3) is 5.56 Å². The van der Waals surface area contributed by atoms with Crippen LogP contribution in [0.25, 0.3) is 11.6 Å². The highest BCUT2D eigenvalue weighted by Gasteiger charge is 2.17. The summed E-state index contributed by atoms with van der Waals surface area (Å²) in [5.74, 6) is 1.22. The molecule has 4 heteroatoms. The van der Waals surface area contributed by atoms with E-state index in [2.05, 4.69) is 9.97 Å². The Morgan fingerprint density at radius 3 is 2.94 bits per heavy atom. The van der Waals surface area contributed by atoms with Gasteiger partial charge in [-0.25, -0.2) is 4.98 Å². The maximum absolute atomic E-state index is 12.0. The molecule has 3 rings (SSSR count). The predicted molar refractivity (Wildman–Crippen MR) is 63.9 cm³/mol. The van der Waals surface area contributed by atoms with Crippen molar-refractivity contribution in [3.8, 4) is 11.6 Å². The molecular weight excluding hydrogens is 216 g/mol. The lowest BCUT2D eigenvalue weighted by Gasteiger charge is -2.13. The van der Waals surface area contributed by atoms with Crippen LogP contribution in [0.2, 0.25) is 0 Å². The van der Waals surface area contributed by atoms with Gasteiger partial charge in [0, 0.05) is 5.56 Å². The molecule has 0 unspecified atom stereocenters. The zero-order valence-corrected chi connectivity index (χ0v) is 9.75. The molecule has 1 aliphatic carbocycles. The molecular formula is C13H14N2O2. The zero-order chi connectivity index (χ0) is 11.8. The fraction of sp³-hybridized carbons (Fsp3) is 0.385. The molecule has 88 valence electrons. The molecule has 0 amide bonds. The van der Waals surface area contributed by atoms with E-state index in [0.717, 1.165) is 42.5 Å². The molecule has 4 nitrogen and oxygen atoms in total. The van der Waals surface area contributed by atoms with Gasteiger partial charge in [0.15, 0.2) is 11.6 Å². The molecule has 0 saturated heterocycles. The van der Waals surface area contributed by atoms with Crippen LogP contribution >= 0.6 is 0 Å². The summed E-state index contributed by atoms with van der Waals surface area (Å²) in [4.78, 5) is 19.3. The fourth-order valence-electron chi connectivity index (χ4n) is 2.33. The standard InChI is InChI=1S/C13H14N2O2/c1-8-6-7-17-11(8)12-14-10-5-3-2-4-9(10)13(16)15-12/h6-7H,2-5H2,1H3,(H,14,15,16). The van der Waals surface area contributed by atoms with E-state index >= 15 is 0 Å². The fourth-order valence-corrected chi connectivity index (χ4v) is 2.33. The van der Waals surface area contributed by atoms with Gasteiger partial charge in [-0.3, -0.25) is 4.79 Å². The highest BCUT2D eigenvalue weighted by molar-refractivity contribution is 5.52. The zero-order valence-electron chi connectivity index (χ0n) is 9.75. The number of fused-ring (bicyclic) bond motifs is 1. The molecule has 2 aromatic heterocycles. The summed E-state index contributed by atoms with van der Waals surface area (Å²) in [5.41, 5.74) is 2.76. The molecule has 1 N–H and O–H groups in total. The number of aromatic nitrogens is 2. The molecule has 0 aliphatic heterocycles. The van der Waals surface area contributed by atoms with Gasteiger partial charge in [0.1, 0.15) is 0 Å². The summed E-state index contributed by atoms with van der Waals surface area (Å²) in [7, 11) is 0. The minimum atomic E-state index is -0.0134. The molecule has 17 heavy (non-hydrogen) atoms. The maximum Gasteiger partial charge on any atom is 0.254 e. The van der Waals surface area contributed by atoms with Gasteiger partial charge in [0.2, 0.25) is 0 Å². The highest BCUT2D eigenvalue weighted by atomic mass is 16.3. The number of hydrogen-bond donors (Lipinski definition) is 1. The number of aromatic amines is 1. The van der Waals surface area contributed by atoms with Crippen LogP contribution in [0.15, 0.2) is 21.5 Å². The lowest BCUT2D eigenvalue weighted by atomic mass is 9.97. The average molecular weight is 230 g/mol. The summed E-state index contributed by atoms with van der Waals surface area (Å²) in [6.07, 6.45) is 5.54. The third kappa shape index (κ3) is 1.69. The van der Waals surface area contributed by atoms with Crippen LogP contribution in [0.1, 0.15) is 29.7 Å². The van der Waals surface area contributed by atoms with Crippen molar-refractivity contribution in [3.63, 3.8) is 0 Å². The van der Waals surface area contributed by atoms with Crippen molar-refractivity contribution in [1.82, 2.24) is 9.97 Å². The van der Waals surface area contributed by atoms with Crippen molar-refractivity contribution >= 4 is 0 Å². The van der Waals surface area contributed by atoms with Gasteiger partial charge < -0.3 is 9.40 Å². The van der Waals surface area contributed by atoms with E-state index < -0.39 is 0 Å². The van der Waals surface area contributed by atoms with E-state index in [1.165, 1.54) is 0 Å². The van der Waals surface area contributed by atoms with Crippen LogP contribution in [0.3, 0.4) is 0 Å². The summed E-state index contributed by atoms with van der Waals surface area (Å²) in [5, 5.41) is 0. The normalized spacial score (nSPS) is 14.6. The minimum absolute atomic E-state index is 0.0134. The van der Waals surface area contributed by atoms with E-state index in [-0.39, 0.29) is 5.56 Å². The number of furan rings is 1. The molecule has 0 saturated carbocycles. The van der Waals surface area contributed by atoms with E-state index in [1.54, 1.807) is 6.26 Å². The molecule has 0 atom stereocenters. The minimum Gasteiger partial charge on any atom is -0.461 e. The summed E-state index contributed by atoms with van der Waals surface area (Å²) in [6.45, 7) is 1.94. The summed E-state index contributed by atoms with van der Waals surface area (Å²) in [6, 6.07) is 1.87. The largest absolute Gasteiger partial charge is 0.461 e. The highest BCUT2D eigenvalue weighted by Crippen LogP contribution is 2.22. The summed E-state index contributed by atoms with van der Waals surface area (Å²) >= 11 is 0. The second kappa shape index (κ2) is 3.87. The molecule has 2 aromatic rings. The molecule has 0 radical (unpaired) electrons. The number of H-pyrrole nitrogens is 1. The van der Waals surface area contributed by atoms with Crippen molar-refractivity contribution in [3.05, 3.63) is 39.5 Å². The SMILES string of the molecule is Cc1ccoc1-c1nc2c(c(=O)[nH]1)CCCC2. The van der Waals surface area contributed by atoms with Gasteiger partial charge in [-0.2, -0.15) is 0 Å². The van der Waals surface area contributed by atoms with Gasteiger partial charge in [0.05, 0.1) is 12.0 Å². The molecule has 2 heterocycles. The van der Waals surface area contributed by atoms with E-state index in [0.29, 0.717) is 11.6 Å². The van der Waals surface area contributed by atoms with Gasteiger partial charge in [-0.05, 0) is 44.2 Å². The van der Waals surface area contributed by atoms with Crippen LogP contribution in [-0.4, -0.2) is 9.97 Å². The Morgan fingerprint density at radius 2 is 2.18 bits per heavy atom. The number of aryl methyl sites for hydroxylation is 2. The Kier molecular flexibility index (Phi) is 2.35. The van der Waals surface area contributed by atoms with Crippen LogP contribution in [0.4, 0.5) is 0 Å². The van der Waals surface area contributed by atoms with Crippen molar-refractivity contribution in [2.24, 2.45) is 0 Å². The maximum atomic E-state index is 12.0. The molecule has 0 bridgehead atoms. The van der Waals surface area contributed by atoms with Crippen molar-refractivity contribution in [2.45, 2.75) is 32.6 Å². The average Bonchev–Trinajstić information content (AvgIpc) is 2.75. The Labute approximate surface area is 98.7 Å². The van der Waals surface area contributed by atoms with Crippen molar-refractivity contribution in [2.75, 3.05) is 0 Å². The smallest absolute Gasteiger partial charge is 0.254 e. The lowest BCUT2D eigenvalue weighted by Crippen LogP contribution is -2.21. The van der Waals surface area contributed by atoms with Gasteiger partial charge >= 0.3 is 0 Å². The van der Waals surface area contributed by atoms with Crippen LogP contribution in [-0.2, 0) is 12.8 Å². The van der Waals surface area contributed by atoms with E-state index in [9.17, 15) is 4.79 Å². The molecule has 0 spiro atoms. The summed E-state index contributed by atoms with van der Waals surface area (Å²) < 4.78 is 5.36. The van der Waals surface area contributed by atoms with Crippen LogP contribution in [0, 0.1) is 6.92 Å². The monoisotopic (exact) mass is 230 g/mol. The number of hydrogen-bond acceptors (Lipinski definition) is 3. The van der Waals surface area contributed by atoms with Gasteiger partial charge in [-0.15, -0.1) is 0 Å². The van der Waals surface area contributed by atoms with E-state index in [1.807, 2.05) is 13.0 Å². The van der Waals surface area contributed by atoms with Crippen LogP contribution < -0.4 is 5.56 Å². The van der Waals surface area contributed by atoms with E-state index in [4.69, 9.17) is 4.42 Å².